The third kappa shape index (κ3) is 6.46. The largest absolute Gasteiger partial charge is 0.403 e. The Kier molecular flexibility index (Phi) is 10.3. The molecule has 3 heterocycles. The van der Waals surface area contributed by atoms with E-state index < -0.39 is 0 Å². The third-order valence-electron chi connectivity index (χ3n) is 6.04. The van der Waals surface area contributed by atoms with Crippen LogP contribution in [0.1, 0.15) is 18.5 Å². The number of piperidine rings is 1. The highest BCUT2D eigenvalue weighted by atomic mass is 16.1. The molecule has 0 bridgehead atoms. The van der Waals surface area contributed by atoms with E-state index in [1.807, 2.05) is 13.0 Å². The first-order valence-corrected chi connectivity index (χ1v) is 11.2. The number of benzene rings is 1. The number of aromatic amines is 1. The van der Waals surface area contributed by atoms with Crippen LogP contribution < -0.4 is 16.5 Å². The number of hydrazine groups is 1. The number of hydrogen-bond acceptors (Lipinski definition) is 7. The van der Waals surface area contributed by atoms with Gasteiger partial charge in [-0.2, -0.15) is 0 Å². The molecule has 8 nitrogen and oxygen atoms in total. The molecule has 3 aromatic rings. The fraction of sp³-hybridized carbons (Fsp3) is 0.308. The molecular weight excluding hydrogens is 426 g/mol. The molecule has 0 saturated carbocycles. The van der Waals surface area contributed by atoms with Gasteiger partial charge in [0.1, 0.15) is 12.4 Å². The van der Waals surface area contributed by atoms with Gasteiger partial charge in [-0.3, -0.25) is 0 Å². The van der Waals surface area contributed by atoms with Crippen LogP contribution in [0.3, 0.4) is 0 Å². The Labute approximate surface area is 202 Å². The molecule has 0 amide bonds. The maximum Gasteiger partial charge on any atom is 0.138 e. The highest BCUT2D eigenvalue weighted by Crippen LogP contribution is 2.30. The standard InChI is InChI=1S/C23H31N7.C2H4.CH2O/c1-28-12-8-20(9-13-28)29(2)19-5-3-17(4-6-19)21-7-11-26-23-22(21)15-18(27-23)16-30(25)14-10-24;2*1-2/h3-7,10-11,14-15,20H,8-9,12-13,16,24-25H2,1-2H3,(H,26,27);1-2H2;1H2/b14-10-;;. The highest BCUT2D eigenvalue weighted by molar-refractivity contribution is 5.93. The molecule has 34 heavy (non-hydrogen) atoms. The quantitative estimate of drug-likeness (QED) is 0.292. The van der Waals surface area contributed by atoms with Crippen molar-refractivity contribution in [1.82, 2.24) is 19.9 Å². The summed E-state index contributed by atoms with van der Waals surface area (Å²) in [6.45, 7) is 10.9. The van der Waals surface area contributed by atoms with Crippen molar-refractivity contribution in [3.05, 3.63) is 73.8 Å². The van der Waals surface area contributed by atoms with E-state index in [-0.39, 0.29) is 0 Å². The smallest absolute Gasteiger partial charge is 0.138 e. The number of anilines is 1. The molecular formula is C26H37N7O. The van der Waals surface area contributed by atoms with E-state index in [1.54, 1.807) is 6.20 Å². The first kappa shape index (κ1) is 26.6. The second-order valence-corrected chi connectivity index (χ2v) is 8.12. The summed E-state index contributed by atoms with van der Waals surface area (Å²) in [6, 6.07) is 13.6. The maximum atomic E-state index is 8.00. The molecule has 4 rings (SSSR count). The molecule has 182 valence electrons. The summed E-state index contributed by atoms with van der Waals surface area (Å²) in [5, 5.41) is 2.63. The number of rotatable bonds is 6. The second kappa shape index (κ2) is 13.2. The van der Waals surface area contributed by atoms with Crippen molar-refractivity contribution in [3.8, 4) is 11.1 Å². The van der Waals surface area contributed by atoms with Crippen LogP contribution in [-0.2, 0) is 11.3 Å². The van der Waals surface area contributed by atoms with E-state index in [0.717, 1.165) is 22.3 Å². The Bertz CT molecular complexity index is 1040. The van der Waals surface area contributed by atoms with Crippen molar-refractivity contribution >= 4 is 23.5 Å². The van der Waals surface area contributed by atoms with Gasteiger partial charge in [-0.25, -0.2) is 10.8 Å². The lowest BCUT2D eigenvalue weighted by molar-refractivity contribution is -0.0979. The van der Waals surface area contributed by atoms with Gasteiger partial charge in [0.2, 0.25) is 0 Å². The zero-order valence-electron chi connectivity index (χ0n) is 20.3. The predicted octanol–water partition coefficient (Wildman–Crippen LogP) is 3.48. The third-order valence-corrected chi connectivity index (χ3v) is 6.04. The first-order valence-electron chi connectivity index (χ1n) is 11.2. The molecule has 1 fully saturated rings. The SMILES string of the molecule is C=C.C=O.CN1CCC(N(C)c2ccc(-c3ccnc4[nH]c(CN(N)/C=C\N)cc34)cc2)CC1. The average Bonchev–Trinajstić information content (AvgIpc) is 3.29. The minimum absolute atomic E-state index is 0.532. The molecule has 0 unspecified atom stereocenters. The van der Waals surface area contributed by atoms with E-state index in [2.05, 4.69) is 83.4 Å². The van der Waals surface area contributed by atoms with Gasteiger partial charge in [-0.05, 0) is 68.4 Å². The van der Waals surface area contributed by atoms with Gasteiger partial charge in [-0.15, -0.1) is 13.2 Å². The van der Waals surface area contributed by atoms with Gasteiger partial charge in [0, 0.05) is 48.5 Å². The number of hydrogen-bond donors (Lipinski definition) is 3. The molecule has 0 radical (unpaired) electrons. The highest BCUT2D eigenvalue weighted by Gasteiger charge is 2.21. The molecule has 5 N–H and O–H groups in total. The summed E-state index contributed by atoms with van der Waals surface area (Å²) in [7, 11) is 4.41. The number of carbonyl (C=O) groups is 1. The molecule has 0 atom stereocenters. The molecule has 0 aliphatic carbocycles. The number of likely N-dealkylation sites (tertiary alicyclic amines) is 1. The Morgan fingerprint density at radius 1 is 1.18 bits per heavy atom. The summed E-state index contributed by atoms with van der Waals surface area (Å²) in [5.41, 5.74) is 10.9. The monoisotopic (exact) mass is 463 g/mol. The number of H-pyrrole nitrogens is 1. The Morgan fingerprint density at radius 3 is 2.44 bits per heavy atom. The van der Waals surface area contributed by atoms with Crippen LogP contribution in [0.25, 0.3) is 22.2 Å². The topological polar surface area (TPSA) is 108 Å². The normalized spacial score (nSPS) is 14.2. The van der Waals surface area contributed by atoms with Gasteiger partial charge in [0.05, 0.1) is 6.54 Å². The van der Waals surface area contributed by atoms with E-state index in [9.17, 15) is 0 Å². The summed E-state index contributed by atoms with van der Waals surface area (Å²) in [4.78, 5) is 20.7. The van der Waals surface area contributed by atoms with Gasteiger partial charge in [-0.1, -0.05) is 12.1 Å². The summed E-state index contributed by atoms with van der Waals surface area (Å²) in [5.74, 6) is 5.92. The number of fused-ring (bicyclic) bond motifs is 1. The van der Waals surface area contributed by atoms with Gasteiger partial charge in [0.25, 0.3) is 0 Å². The number of nitrogens with one attached hydrogen (secondary N) is 1. The van der Waals surface area contributed by atoms with Crippen LogP contribution >= 0.6 is 0 Å². The molecule has 1 aliphatic rings. The number of pyridine rings is 1. The average molecular weight is 464 g/mol. The summed E-state index contributed by atoms with van der Waals surface area (Å²) < 4.78 is 0. The lowest BCUT2D eigenvalue weighted by atomic mass is 10.0. The van der Waals surface area contributed by atoms with Crippen molar-refractivity contribution < 1.29 is 4.79 Å². The molecule has 8 heteroatoms. The first-order chi connectivity index (χ1) is 16.5. The van der Waals surface area contributed by atoms with Crippen molar-refractivity contribution in [2.75, 3.05) is 32.1 Å². The Balaban J connectivity index is 0.000000970. The number of nitrogens with zero attached hydrogens (tertiary/aromatic N) is 4. The van der Waals surface area contributed by atoms with E-state index in [4.69, 9.17) is 16.4 Å². The lowest BCUT2D eigenvalue weighted by Gasteiger charge is -2.36. The van der Waals surface area contributed by atoms with Crippen molar-refractivity contribution in [1.29, 1.82) is 0 Å². The van der Waals surface area contributed by atoms with Crippen LogP contribution in [-0.4, -0.2) is 59.9 Å². The Morgan fingerprint density at radius 2 is 1.82 bits per heavy atom. The van der Waals surface area contributed by atoms with Crippen LogP contribution in [0.15, 0.2) is 68.2 Å². The van der Waals surface area contributed by atoms with Crippen LogP contribution in [0.4, 0.5) is 5.69 Å². The second-order valence-electron chi connectivity index (χ2n) is 8.12. The van der Waals surface area contributed by atoms with Crippen LogP contribution in [0.2, 0.25) is 0 Å². The van der Waals surface area contributed by atoms with Crippen LogP contribution in [0, 0.1) is 0 Å². The fourth-order valence-electron chi connectivity index (χ4n) is 4.25. The zero-order chi connectivity index (χ0) is 25.1. The van der Waals surface area contributed by atoms with Gasteiger partial charge >= 0.3 is 0 Å². The van der Waals surface area contributed by atoms with Crippen molar-refractivity contribution in [2.45, 2.75) is 25.4 Å². The number of nitrogens with two attached hydrogens (primary N) is 2. The minimum Gasteiger partial charge on any atom is -0.403 e. The van der Waals surface area contributed by atoms with E-state index in [1.165, 1.54) is 48.4 Å². The molecule has 0 spiro atoms. The molecule has 2 aromatic heterocycles. The van der Waals surface area contributed by atoms with E-state index >= 15 is 0 Å². The van der Waals surface area contributed by atoms with Crippen LogP contribution in [0.5, 0.6) is 0 Å². The Hall–Kier alpha value is -3.62. The minimum atomic E-state index is 0.532. The van der Waals surface area contributed by atoms with Crippen molar-refractivity contribution in [2.24, 2.45) is 11.6 Å². The molecule has 1 aromatic carbocycles. The fourth-order valence-corrected chi connectivity index (χ4v) is 4.25. The lowest BCUT2D eigenvalue weighted by Crippen LogP contribution is -2.41. The molecule has 1 saturated heterocycles. The van der Waals surface area contributed by atoms with Crippen molar-refractivity contribution in [3.63, 3.8) is 0 Å². The number of carbonyl (C=O) groups excluding carboxylic acids is 1. The maximum absolute atomic E-state index is 8.00. The van der Waals surface area contributed by atoms with Gasteiger partial charge < -0.3 is 30.3 Å². The van der Waals surface area contributed by atoms with E-state index in [0.29, 0.717) is 12.6 Å². The van der Waals surface area contributed by atoms with Gasteiger partial charge in [0.15, 0.2) is 0 Å². The predicted molar refractivity (Wildman–Crippen MR) is 142 cm³/mol. The summed E-state index contributed by atoms with van der Waals surface area (Å²) >= 11 is 0. The zero-order valence-corrected chi connectivity index (χ0v) is 20.3. The summed E-state index contributed by atoms with van der Waals surface area (Å²) in [6.07, 6.45) is 7.33. The molecule has 1 aliphatic heterocycles. The number of aromatic nitrogens is 2.